The lowest BCUT2D eigenvalue weighted by molar-refractivity contribution is 0.0943. The van der Waals surface area contributed by atoms with Crippen LogP contribution in [0.3, 0.4) is 0 Å². The van der Waals surface area contributed by atoms with Crippen LogP contribution in [0.1, 0.15) is 49.9 Å². The molecule has 0 unspecified atom stereocenters. The zero-order valence-electron chi connectivity index (χ0n) is 12.4. The van der Waals surface area contributed by atoms with Gasteiger partial charge in [0.25, 0.3) is 5.91 Å². The molecule has 0 atom stereocenters. The number of carbonyl (C=O) groups excluding carboxylic acids is 1. The van der Waals surface area contributed by atoms with Gasteiger partial charge in [-0.3, -0.25) is 4.79 Å². The molecule has 0 spiro atoms. The van der Waals surface area contributed by atoms with E-state index in [1.807, 2.05) is 13.8 Å². The van der Waals surface area contributed by atoms with Crippen molar-refractivity contribution < 1.29 is 13.2 Å². The highest BCUT2D eigenvalue weighted by Gasteiger charge is 2.23. The van der Waals surface area contributed by atoms with Crippen molar-refractivity contribution >= 4 is 15.9 Å². The van der Waals surface area contributed by atoms with Crippen molar-refractivity contribution in [2.45, 2.75) is 56.5 Å². The quantitative estimate of drug-likeness (QED) is 0.874. The highest BCUT2D eigenvalue weighted by Crippen LogP contribution is 2.20. The molecule has 0 heterocycles. The number of rotatable bonds is 5. The number of nitrogens with one attached hydrogen (secondary N) is 2. The molecule has 1 aliphatic carbocycles. The Hall–Kier alpha value is -1.40. The predicted molar refractivity (Wildman–Crippen MR) is 81.6 cm³/mol. The highest BCUT2D eigenvalue weighted by atomic mass is 32.2. The Kier molecular flexibility index (Phi) is 5.00. The molecule has 1 amide bonds. The maximum Gasteiger partial charge on any atom is 0.251 e. The molecule has 2 rings (SSSR count). The van der Waals surface area contributed by atoms with E-state index < -0.39 is 10.0 Å². The average molecular weight is 310 g/mol. The Labute approximate surface area is 126 Å². The Morgan fingerprint density at radius 3 is 2.24 bits per heavy atom. The van der Waals surface area contributed by atoms with E-state index in [0.717, 1.165) is 25.7 Å². The van der Waals surface area contributed by atoms with Gasteiger partial charge in [0.2, 0.25) is 10.0 Å². The molecule has 6 heteroatoms. The van der Waals surface area contributed by atoms with Gasteiger partial charge >= 0.3 is 0 Å². The van der Waals surface area contributed by atoms with Crippen LogP contribution in [0.4, 0.5) is 0 Å². The van der Waals surface area contributed by atoms with E-state index in [2.05, 4.69) is 10.0 Å². The van der Waals surface area contributed by atoms with Crippen molar-refractivity contribution in [1.82, 2.24) is 10.0 Å². The zero-order valence-corrected chi connectivity index (χ0v) is 13.2. The maximum absolute atomic E-state index is 12.2. The highest BCUT2D eigenvalue weighted by molar-refractivity contribution is 7.89. The minimum atomic E-state index is -3.49. The Morgan fingerprint density at radius 2 is 1.71 bits per heavy atom. The average Bonchev–Trinajstić information content (AvgIpc) is 2.90. The first-order valence-electron chi connectivity index (χ1n) is 7.32. The summed E-state index contributed by atoms with van der Waals surface area (Å²) in [5, 5.41) is 2.77. The van der Waals surface area contributed by atoms with E-state index in [-0.39, 0.29) is 22.9 Å². The van der Waals surface area contributed by atoms with E-state index in [1.165, 1.54) is 12.1 Å². The summed E-state index contributed by atoms with van der Waals surface area (Å²) in [5.74, 6) is -0.197. The van der Waals surface area contributed by atoms with Crippen LogP contribution >= 0.6 is 0 Å². The molecule has 1 aromatic rings. The molecule has 0 aromatic heterocycles. The van der Waals surface area contributed by atoms with Crippen molar-refractivity contribution in [3.8, 4) is 0 Å². The van der Waals surface area contributed by atoms with E-state index in [1.54, 1.807) is 12.1 Å². The fourth-order valence-electron chi connectivity index (χ4n) is 2.46. The molecule has 1 aromatic carbocycles. The van der Waals surface area contributed by atoms with Crippen LogP contribution in [0.15, 0.2) is 29.2 Å². The zero-order chi connectivity index (χ0) is 15.5. The SMILES string of the molecule is CC(C)NC(=O)c1ccc(S(=O)(=O)NC2CCCC2)cc1. The summed E-state index contributed by atoms with van der Waals surface area (Å²) in [6.45, 7) is 3.75. The van der Waals surface area contributed by atoms with Gasteiger partial charge in [-0.15, -0.1) is 0 Å². The smallest absolute Gasteiger partial charge is 0.251 e. The summed E-state index contributed by atoms with van der Waals surface area (Å²) in [5.41, 5.74) is 0.462. The van der Waals surface area contributed by atoms with Gasteiger partial charge in [0.05, 0.1) is 4.90 Å². The van der Waals surface area contributed by atoms with Gasteiger partial charge in [0.1, 0.15) is 0 Å². The van der Waals surface area contributed by atoms with Gasteiger partial charge < -0.3 is 5.32 Å². The number of carbonyl (C=O) groups is 1. The number of amides is 1. The van der Waals surface area contributed by atoms with Gasteiger partial charge in [-0.25, -0.2) is 13.1 Å². The van der Waals surface area contributed by atoms with Crippen molar-refractivity contribution in [1.29, 1.82) is 0 Å². The summed E-state index contributed by atoms with van der Waals surface area (Å²) < 4.78 is 27.2. The van der Waals surface area contributed by atoms with Crippen LogP contribution < -0.4 is 10.0 Å². The molecule has 1 fully saturated rings. The summed E-state index contributed by atoms with van der Waals surface area (Å²) in [7, 11) is -3.49. The van der Waals surface area contributed by atoms with Gasteiger partial charge in [-0.05, 0) is 51.0 Å². The van der Waals surface area contributed by atoms with Crippen LogP contribution in [0.25, 0.3) is 0 Å². The fraction of sp³-hybridized carbons (Fsp3) is 0.533. The van der Waals surface area contributed by atoms with Gasteiger partial charge in [-0.2, -0.15) is 0 Å². The number of benzene rings is 1. The third-order valence-electron chi connectivity index (χ3n) is 3.52. The second-order valence-electron chi connectivity index (χ2n) is 5.76. The van der Waals surface area contributed by atoms with E-state index >= 15 is 0 Å². The molecular formula is C15H22N2O3S. The first-order valence-corrected chi connectivity index (χ1v) is 8.80. The van der Waals surface area contributed by atoms with Gasteiger partial charge in [0, 0.05) is 17.6 Å². The predicted octanol–water partition coefficient (Wildman–Crippen LogP) is 2.05. The van der Waals surface area contributed by atoms with Crippen molar-refractivity contribution in [3.63, 3.8) is 0 Å². The molecule has 21 heavy (non-hydrogen) atoms. The Balaban J connectivity index is 2.08. The normalized spacial score (nSPS) is 16.3. The number of sulfonamides is 1. The van der Waals surface area contributed by atoms with Crippen molar-refractivity contribution in [2.24, 2.45) is 0 Å². The topological polar surface area (TPSA) is 75.3 Å². The molecular weight excluding hydrogens is 288 g/mol. The summed E-state index contributed by atoms with van der Waals surface area (Å²) >= 11 is 0. The second-order valence-corrected chi connectivity index (χ2v) is 7.47. The van der Waals surface area contributed by atoms with E-state index in [0.29, 0.717) is 5.56 Å². The second kappa shape index (κ2) is 6.58. The molecule has 1 aliphatic rings. The molecule has 0 saturated heterocycles. The lowest BCUT2D eigenvalue weighted by Gasteiger charge is -2.13. The van der Waals surface area contributed by atoms with E-state index in [4.69, 9.17) is 0 Å². The standard InChI is InChI=1S/C15H22N2O3S/c1-11(2)16-15(18)12-7-9-14(10-8-12)21(19,20)17-13-5-3-4-6-13/h7-11,13,17H,3-6H2,1-2H3,(H,16,18). The molecule has 5 nitrogen and oxygen atoms in total. The van der Waals surface area contributed by atoms with Crippen LogP contribution in [0.2, 0.25) is 0 Å². The third-order valence-corrected chi connectivity index (χ3v) is 5.06. The fourth-order valence-corrected chi connectivity index (χ4v) is 3.77. The lowest BCUT2D eigenvalue weighted by Crippen LogP contribution is -2.33. The molecule has 0 aliphatic heterocycles. The monoisotopic (exact) mass is 310 g/mol. The number of hydrogen-bond donors (Lipinski definition) is 2. The first-order chi connectivity index (χ1) is 9.88. The molecule has 0 radical (unpaired) electrons. The first kappa shape index (κ1) is 16.0. The van der Waals surface area contributed by atoms with Gasteiger partial charge in [-0.1, -0.05) is 12.8 Å². The number of hydrogen-bond acceptors (Lipinski definition) is 3. The van der Waals surface area contributed by atoms with Crippen LogP contribution in [-0.4, -0.2) is 26.4 Å². The lowest BCUT2D eigenvalue weighted by atomic mass is 10.2. The van der Waals surface area contributed by atoms with E-state index in [9.17, 15) is 13.2 Å². The molecule has 2 N–H and O–H groups in total. The largest absolute Gasteiger partial charge is 0.350 e. The summed E-state index contributed by atoms with van der Waals surface area (Å²) in [6.07, 6.45) is 3.94. The Bertz CT molecular complexity index is 588. The maximum atomic E-state index is 12.2. The molecule has 0 bridgehead atoms. The minimum absolute atomic E-state index is 0.0407. The molecule has 116 valence electrons. The third kappa shape index (κ3) is 4.28. The van der Waals surface area contributed by atoms with Crippen molar-refractivity contribution in [3.05, 3.63) is 29.8 Å². The van der Waals surface area contributed by atoms with Gasteiger partial charge in [0.15, 0.2) is 0 Å². The molecule has 1 saturated carbocycles. The summed E-state index contributed by atoms with van der Waals surface area (Å²) in [4.78, 5) is 12.0. The van der Waals surface area contributed by atoms with Crippen molar-refractivity contribution in [2.75, 3.05) is 0 Å². The van der Waals surface area contributed by atoms with Crippen LogP contribution in [0, 0.1) is 0 Å². The Morgan fingerprint density at radius 1 is 1.14 bits per heavy atom. The van der Waals surface area contributed by atoms with Crippen LogP contribution in [-0.2, 0) is 10.0 Å². The minimum Gasteiger partial charge on any atom is -0.350 e. The van der Waals surface area contributed by atoms with Crippen LogP contribution in [0.5, 0.6) is 0 Å². The summed E-state index contributed by atoms with van der Waals surface area (Å²) in [6, 6.07) is 6.13.